The van der Waals surface area contributed by atoms with Gasteiger partial charge in [0, 0.05) is 24.7 Å². The number of hydrogen-bond donors (Lipinski definition) is 1. The Morgan fingerprint density at radius 3 is 2.79 bits per heavy atom. The Kier molecular flexibility index (Phi) is 4.01. The fourth-order valence-electron chi connectivity index (χ4n) is 1.74. The van der Waals surface area contributed by atoms with Gasteiger partial charge < -0.3 is 15.2 Å². The first-order valence-corrected chi connectivity index (χ1v) is 6.01. The van der Waals surface area contributed by atoms with Crippen LogP contribution in [0.5, 0.6) is 11.5 Å². The number of ether oxygens (including phenoxy) is 2. The van der Waals surface area contributed by atoms with Crippen LogP contribution >= 0.6 is 0 Å². The molecule has 1 aromatic carbocycles. The zero-order valence-electron chi connectivity index (χ0n) is 11.3. The highest BCUT2D eigenvalue weighted by molar-refractivity contribution is 5.42. The minimum atomic E-state index is -0.111. The van der Waals surface area contributed by atoms with Crippen LogP contribution in [0.2, 0.25) is 0 Å². The number of methoxy groups -OCH3 is 1. The van der Waals surface area contributed by atoms with E-state index in [0.29, 0.717) is 12.4 Å². The molecule has 0 aliphatic heterocycles. The standard InChI is InChI=1S/C13H18N4O2/c1-9(14)11-5-4-10(18-3)6-12(11)19-7-13-15-8-16-17(13)2/h4-6,8-9H,7,14H2,1-3H3/t9-/m1/s1. The summed E-state index contributed by atoms with van der Waals surface area (Å²) in [5.74, 6) is 2.19. The Morgan fingerprint density at radius 1 is 1.42 bits per heavy atom. The summed E-state index contributed by atoms with van der Waals surface area (Å²) < 4.78 is 12.7. The van der Waals surface area contributed by atoms with Crippen LogP contribution < -0.4 is 15.2 Å². The van der Waals surface area contributed by atoms with Crippen LogP contribution in [0.1, 0.15) is 24.4 Å². The molecule has 0 fully saturated rings. The van der Waals surface area contributed by atoms with Gasteiger partial charge in [0.15, 0.2) is 5.82 Å². The maximum Gasteiger partial charge on any atom is 0.164 e. The molecule has 2 N–H and O–H groups in total. The second-order valence-corrected chi connectivity index (χ2v) is 4.28. The lowest BCUT2D eigenvalue weighted by Crippen LogP contribution is -2.10. The molecule has 1 aromatic heterocycles. The first-order chi connectivity index (χ1) is 9.11. The highest BCUT2D eigenvalue weighted by Crippen LogP contribution is 2.29. The van der Waals surface area contributed by atoms with Gasteiger partial charge >= 0.3 is 0 Å². The Balaban J connectivity index is 2.20. The molecule has 6 heteroatoms. The first-order valence-electron chi connectivity index (χ1n) is 6.01. The summed E-state index contributed by atoms with van der Waals surface area (Å²) in [6.07, 6.45) is 1.50. The van der Waals surface area contributed by atoms with Crippen LogP contribution in [0.4, 0.5) is 0 Å². The van der Waals surface area contributed by atoms with E-state index < -0.39 is 0 Å². The largest absolute Gasteiger partial charge is 0.497 e. The fraction of sp³-hybridized carbons (Fsp3) is 0.385. The van der Waals surface area contributed by atoms with Crippen LogP contribution in [-0.4, -0.2) is 21.9 Å². The predicted molar refractivity (Wildman–Crippen MR) is 70.9 cm³/mol. The lowest BCUT2D eigenvalue weighted by atomic mass is 10.1. The van der Waals surface area contributed by atoms with Crippen molar-refractivity contribution in [3.05, 3.63) is 35.9 Å². The van der Waals surface area contributed by atoms with Crippen molar-refractivity contribution < 1.29 is 9.47 Å². The van der Waals surface area contributed by atoms with E-state index in [1.807, 2.05) is 32.2 Å². The fourth-order valence-corrected chi connectivity index (χ4v) is 1.74. The van der Waals surface area contributed by atoms with Crippen molar-refractivity contribution in [3.63, 3.8) is 0 Å². The van der Waals surface area contributed by atoms with Crippen molar-refractivity contribution in [2.24, 2.45) is 12.8 Å². The minimum Gasteiger partial charge on any atom is -0.497 e. The van der Waals surface area contributed by atoms with E-state index in [-0.39, 0.29) is 6.04 Å². The smallest absolute Gasteiger partial charge is 0.164 e. The molecule has 0 saturated heterocycles. The molecule has 102 valence electrons. The van der Waals surface area contributed by atoms with Gasteiger partial charge in [-0.25, -0.2) is 4.98 Å². The molecule has 2 rings (SSSR count). The molecule has 6 nitrogen and oxygen atoms in total. The molecule has 0 aliphatic rings. The maximum absolute atomic E-state index is 5.93. The SMILES string of the molecule is COc1ccc([C@@H](C)N)c(OCc2ncnn2C)c1. The highest BCUT2D eigenvalue weighted by atomic mass is 16.5. The zero-order chi connectivity index (χ0) is 13.8. The lowest BCUT2D eigenvalue weighted by molar-refractivity contribution is 0.283. The number of nitrogens with zero attached hydrogens (tertiary/aromatic N) is 3. The third-order valence-corrected chi connectivity index (χ3v) is 2.87. The van der Waals surface area contributed by atoms with E-state index in [2.05, 4.69) is 10.1 Å². The van der Waals surface area contributed by atoms with Gasteiger partial charge in [0.05, 0.1) is 7.11 Å². The molecular weight excluding hydrogens is 244 g/mol. The van der Waals surface area contributed by atoms with Crippen molar-refractivity contribution in [1.82, 2.24) is 14.8 Å². The van der Waals surface area contributed by atoms with Crippen LogP contribution in [0.3, 0.4) is 0 Å². The number of nitrogens with two attached hydrogens (primary N) is 1. The Bertz CT molecular complexity index is 551. The quantitative estimate of drug-likeness (QED) is 0.882. The Morgan fingerprint density at radius 2 is 2.21 bits per heavy atom. The van der Waals surface area contributed by atoms with E-state index in [4.69, 9.17) is 15.2 Å². The van der Waals surface area contributed by atoms with Crippen molar-refractivity contribution in [2.45, 2.75) is 19.6 Å². The topological polar surface area (TPSA) is 75.2 Å². The summed E-state index contributed by atoms with van der Waals surface area (Å²) in [6.45, 7) is 2.25. The number of benzene rings is 1. The molecule has 0 amide bonds. The number of hydrogen-bond acceptors (Lipinski definition) is 5. The van der Waals surface area contributed by atoms with Gasteiger partial charge in [-0.15, -0.1) is 0 Å². The Hall–Kier alpha value is -2.08. The summed E-state index contributed by atoms with van der Waals surface area (Å²) in [5, 5.41) is 4.00. The van der Waals surface area contributed by atoms with Crippen LogP contribution in [0, 0.1) is 0 Å². The second-order valence-electron chi connectivity index (χ2n) is 4.28. The lowest BCUT2D eigenvalue weighted by Gasteiger charge is -2.15. The second kappa shape index (κ2) is 5.71. The Labute approximate surface area is 112 Å². The predicted octanol–water partition coefficient (Wildman–Crippen LogP) is 1.42. The van der Waals surface area contributed by atoms with Crippen LogP contribution in [-0.2, 0) is 13.7 Å². The summed E-state index contributed by atoms with van der Waals surface area (Å²) in [6, 6.07) is 5.50. The van der Waals surface area contributed by atoms with Gasteiger partial charge in [0.25, 0.3) is 0 Å². The average Bonchev–Trinajstić information content (AvgIpc) is 2.81. The monoisotopic (exact) mass is 262 g/mol. The minimum absolute atomic E-state index is 0.111. The van der Waals surface area contributed by atoms with Gasteiger partial charge in [0.1, 0.15) is 24.4 Å². The molecule has 19 heavy (non-hydrogen) atoms. The van der Waals surface area contributed by atoms with Crippen molar-refractivity contribution in [3.8, 4) is 11.5 Å². The van der Waals surface area contributed by atoms with E-state index in [0.717, 1.165) is 17.1 Å². The van der Waals surface area contributed by atoms with Gasteiger partial charge in [-0.05, 0) is 13.0 Å². The first kappa shape index (κ1) is 13.4. The number of rotatable bonds is 5. The van der Waals surface area contributed by atoms with Gasteiger partial charge in [-0.3, -0.25) is 4.68 Å². The maximum atomic E-state index is 5.93. The molecule has 1 heterocycles. The van der Waals surface area contributed by atoms with E-state index >= 15 is 0 Å². The van der Waals surface area contributed by atoms with Crippen LogP contribution in [0.15, 0.2) is 24.5 Å². The van der Waals surface area contributed by atoms with E-state index in [1.165, 1.54) is 6.33 Å². The van der Waals surface area contributed by atoms with Gasteiger partial charge in [-0.1, -0.05) is 6.07 Å². The molecule has 0 aliphatic carbocycles. The van der Waals surface area contributed by atoms with Crippen molar-refractivity contribution >= 4 is 0 Å². The van der Waals surface area contributed by atoms with Gasteiger partial charge in [0.2, 0.25) is 0 Å². The summed E-state index contributed by atoms with van der Waals surface area (Å²) in [4.78, 5) is 4.11. The van der Waals surface area contributed by atoms with E-state index in [1.54, 1.807) is 11.8 Å². The average molecular weight is 262 g/mol. The highest BCUT2D eigenvalue weighted by Gasteiger charge is 2.11. The van der Waals surface area contributed by atoms with E-state index in [9.17, 15) is 0 Å². The molecule has 0 radical (unpaired) electrons. The van der Waals surface area contributed by atoms with Crippen molar-refractivity contribution in [2.75, 3.05) is 7.11 Å². The molecule has 0 saturated carbocycles. The van der Waals surface area contributed by atoms with Crippen molar-refractivity contribution in [1.29, 1.82) is 0 Å². The van der Waals surface area contributed by atoms with Crippen LogP contribution in [0.25, 0.3) is 0 Å². The summed E-state index contributed by atoms with van der Waals surface area (Å²) in [5.41, 5.74) is 6.86. The molecule has 0 unspecified atom stereocenters. The molecule has 0 spiro atoms. The number of aryl methyl sites for hydroxylation is 1. The number of aromatic nitrogens is 3. The molecule has 2 aromatic rings. The molecular formula is C13H18N4O2. The molecule has 0 bridgehead atoms. The zero-order valence-corrected chi connectivity index (χ0v) is 11.3. The third kappa shape index (κ3) is 3.03. The summed E-state index contributed by atoms with van der Waals surface area (Å²) >= 11 is 0. The van der Waals surface area contributed by atoms with Gasteiger partial charge in [-0.2, -0.15) is 5.10 Å². The molecule has 1 atom stereocenters. The third-order valence-electron chi connectivity index (χ3n) is 2.87. The summed E-state index contributed by atoms with van der Waals surface area (Å²) in [7, 11) is 3.44. The normalized spacial score (nSPS) is 12.2.